The van der Waals surface area contributed by atoms with Gasteiger partial charge in [0.2, 0.25) is 0 Å². The Balaban J connectivity index is 1.74. The van der Waals surface area contributed by atoms with Crippen LogP contribution in [0.1, 0.15) is 25.7 Å². The second-order valence-electron chi connectivity index (χ2n) is 5.09. The summed E-state index contributed by atoms with van der Waals surface area (Å²) in [5, 5.41) is 3.40. The van der Waals surface area contributed by atoms with Crippen LogP contribution in [0.3, 0.4) is 0 Å². The van der Waals surface area contributed by atoms with Gasteiger partial charge in [-0.15, -0.1) is 0 Å². The maximum absolute atomic E-state index is 5.70. The minimum atomic E-state index is 0.750. The Morgan fingerprint density at radius 1 is 1.28 bits per heavy atom. The zero-order valence-corrected chi connectivity index (χ0v) is 11.1. The van der Waals surface area contributed by atoms with Crippen LogP contribution >= 0.6 is 0 Å². The molecule has 4 heteroatoms. The molecule has 1 fully saturated rings. The molecule has 1 saturated carbocycles. The number of ether oxygens (including phenoxy) is 1. The highest BCUT2D eigenvalue weighted by Gasteiger charge is 2.19. The fourth-order valence-electron chi connectivity index (χ4n) is 2.53. The SMILES string of the molecule is COc1ccc(NCC2CCC(CN)CC2)nc1. The highest BCUT2D eigenvalue weighted by Crippen LogP contribution is 2.28. The summed E-state index contributed by atoms with van der Waals surface area (Å²) in [4.78, 5) is 4.31. The fourth-order valence-corrected chi connectivity index (χ4v) is 2.53. The van der Waals surface area contributed by atoms with Crippen LogP contribution in [-0.2, 0) is 0 Å². The Bertz CT molecular complexity index is 345. The van der Waals surface area contributed by atoms with Gasteiger partial charge < -0.3 is 15.8 Å². The van der Waals surface area contributed by atoms with E-state index in [1.165, 1.54) is 25.7 Å². The molecule has 1 aromatic heterocycles. The maximum atomic E-state index is 5.70. The van der Waals surface area contributed by atoms with Gasteiger partial charge in [-0.05, 0) is 56.2 Å². The van der Waals surface area contributed by atoms with E-state index in [4.69, 9.17) is 10.5 Å². The molecule has 0 saturated heterocycles. The number of anilines is 1. The molecule has 2 rings (SSSR count). The molecule has 0 aromatic carbocycles. The van der Waals surface area contributed by atoms with E-state index in [1.807, 2.05) is 12.1 Å². The quantitative estimate of drug-likeness (QED) is 0.840. The number of nitrogens with zero attached hydrogens (tertiary/aromatic N) is 1. The predicted octanol–water partition coefficient (Wildman–Crippen LogP) is 2.27. The van der Waals surface area contributed by atoms with Crippen molar-refractivity contribution in [3.63, 3.8) is 0 Å². The molecule has 0 spiro atoms. The zero-order chi connectivity index (χ0) is 12.8. The van der Waals surface area contributed by atoms with Gasteiger partial charge in [0.05, 0.1) is 13.3 Å². The van der Waals surface area contributed by atoms with Crippen LogP contribution in [-0.4, -0.2) is 25.2 Å². The Morgan fingerprint density at radius 2 is 2.00 bits per heavy atom. The van der Waals surface area contributed by atoms with Crippen molar-refractivity contribution >= 4 is 5.82 Å². The summed E-state index contributed by atoms with van der Waals surface area (Å²) in [5.74, 6) is 3.23. The molecule has 0 unspecified atom stereocenters. The van der Waals surface area contributed by atoms with E-state index in [1.54, 1.807) is 13.3 Å². The molecule has 0 radical (unpaired) electrons. The van der Waals surface area contributed by atoms with Gasteiger partial charge in [0.1, 0.15) is 11.6 Å². The first-order chi connectivity index (χ1) is 8.81. The number of nitrogens with one attached hydrogen (secondary N) is 1. The molecule has 0 atom stereocenters. The van der Waals surface area contributed by atoms with Crippen LogP contribution in [0, 0.1) is 11.8 Å². The van der Waals surface area contributed by atoms with Crippen LogP contribution < -0.4 is 15.8 Å². The van der Waals surface area contributed by atoms with E-state index >= 15 is 0 Å². The molecule has 1 heterocycles. The summed E-state index contributed by atoms with van der Waals surface area (Å²) < 4.78 is 5.09. The Kier molecular flexibility index (Phi) is 4.81. The van der Waals surface area contributed by atoms with E-state index in [2.05, 4.69) is 10.3 Å². The van der Waals surface area contributed by atoms with Crippen LogP contribution in [0.5, 0.6) is 5.75 Å². The lowest BCUT2D eigenvalue weighted by Crippen LogP contribution is -2.25. The van der Waals surface area contributed by atoms with E-state index in [9.17, 15) is 0 Å². The predicted molar refractivity (Wildman–Crippen MR) is 73.8 cm³/mol. The third kappa shape index (κ3) is 3.60. The molecule has 1 aliphatic carbocycles. The van der Waals surface area contributed by atoms with Crippen LogP contribution in [0.4, 0.5) is 5.82 Å². The molecule has 1 aliphatic rings. The summed E-state index contributed by atoms with van der Waals surface area (Å²) in [6.07, 6.45) is 6.86. The van der Waals surface area contributed by atoms with Crippen molar-refractivity contribution in [2.75, 3.05) is 25.5 Å². The topological polar surface area (TPSA) is 60.2 Å². The molecular formula is C14H23N3O. The van der Waals surface area contributed by atoms with Gasteiger partial charge >= 0.3 is 0 Å². The number of hydrogen-bond donors (Lipinski definition) is 2. The maximum Gasteiger partial charge on any atom is 0.137 e. The summed E-state index contributed by atoms with van der Waals surface area (Å²) in [6, 6.07) is 3.89. The molecule has 18 heavy (non-hydrogen) atoms. The van der Waals surface area contributed by atoms with Gasteiger partial charge in [-0.2, -0.15) is 0 Å². The number of hydrogen-bond acceptors (Lipinski definition) is 4. The minimum Gasteiger partial charge on any atom is -0.495 e. The van der Waals surface area contributed by atoms with Crippen LogP contribution in [0.2, 0.25) is 0 Å². The highest BCUT2D eigenvalue weighted by atomic mass is 16.5. The number of aromatic nitrogens is 1. The number of nitrogens with two attached hydrogens (primary N) is 1. The average molecular weight is 249 g/mol. The lowest BCUT2D eigenvalue weighted by Gasteiger charge is -2.27. The Morgan fingerprint density at radius 3 is 2.56 bits per heavy atom. The molecular weight excluding hydrogens is 226 g/mol. The van der Waals surface area contributed by atoms with Crippen molar-refractivity contribution in [2.24, 2.45) is 17.6 Å². The number of rotatable bonds is 5. The van der Waals surface area contributed by atoms with Crippen molar-refractivity contribution < 1.29 is 4.74 Å². The summed E-state index contributed by atoms with van der Waals surface area (Å²) in [6.45, 7) is 1.86. The van der Waals surface area contributed by atoms with E-state index in [0.29, 0.717) is 0 Å². The molecule has 0 bridgehead atoms. The van der Waals surface area contributed by atoms with Gasteiger partial charge in [0.25, 0.3) is 0 Å². The van der Waals surface area contributed by atoms with E-state index < -0.39 is 0 Å². The van der Waals surface area contributed by atoms with Crippen molar-refractivity contribution in [2.45, 2.75) is 25.7 Å². The fraction of sp³-hybridized carbons (Fsp3) is 0.643. The smallest absolute Gasteiger partial charge is 0.137 e. The third-order valence-electron chi connectivity index (χ3n) is 3.84. The lowest BCUT2D eigenvalue weighted by atomic mass is 9.82. The zero-order valence-electron chi connectivity index (χ0n) is 11.1. The monoisotopic (exact) mass is 249 g/mol. The van der Waals surface area contributed by atoms with Crippen LogP contribution in [0.15, 0.2) is 18.3 Å². The van der Waals surface area contributed by atoms with Crippen molar-refractivity contribution in [3.8, 4) is 5.75 Å². The summed E-state index contributed by atoms with van der Waals surface area (Å²) in [5.41, 5.74) is 5.70. The Hall–Kier alpha value is -1.29. The van der Waals surface area contributed by atoms with Gasteiger partial charge in [-0.3, -0.25) is 0 Å². The Labute approximate surface area is 109 Å². The van der Waals surface area contributed by atoms with Gasteiger partial charge in [-0.25, -0.2) is 4.98 Å². The molecule has 0 amide bonds. The molecule has 0 aliphatic heterocycles. The van der Waals surface area contributed by atoms with Gasteiger partial charge in [-0.1, -0.05) is 0 Å². The van der Waals surface area contributed by atoms with Gasteiger partial charge in [0, 0.05) is 6.54 Å². The lowest BCUT2D eigenvalue weighted by molar-refractivity contribution is 0.289. The highest BCUT2D eigenvalue weighted by molar-refractivity contribution is 5.37. The average Bonchev–Trinajstić information content (AvgIpc) is 2.46. The standard InChI is InChI=1S/C14H23N3O/c1-18-13-6-7-14(17-10-13)16-9-12-4-2-11(8-15)3-5-12/h6-7,10-12H,2-5,8-9,15H2,1H3,(H,16,17). The normalized spacial score (nSPS) is 23.7. The first kappa shape index (κ1) is 13.1. The number of methoxy groups -OCH3 is 1. The first-order valence-corrected chi connectivity index (χ1v) is 6.75. The second-order valence-corrected chi connectivity index (χ2v) is 5.09. The minimum absolute atomic E-state index is 0.750. The van der Waals surface area contributed by atoms with Crippen LogP contribution in [0.25, 0.3) is 0 Å². The summed E-state index contributed by atoms with van der Waals surface area (Å²) in [7, 11) is 1.65. The largest absolute Gasteiger partial charge is 0.495 e. The third-order valence-corrected chi connectivity index (χ3v) is 3.84. The van der Waals surface area contributed by atoms with Crippen molar-refractivity contribution in [3.05, 3.63) is 18.3 Å². The van der Waals surface area contributed by atoms with E-state index in [0.717, 1.165) is 36.5 Å². The second kappa shape index (κ2) is 6.59. The first-order valence-electron chi connectivity index (χ1n) is 6.75. The van der Waals surface area contributed by atoms with Crippen molar-refractivity contribution in [1.29, 1.82) is 0 Å². The molecule has 100 valence electrons. The molecule has 3 N–H and O–H groups in total. The summed E-state index contributed by atoms with van der Waals surface area (Å²) >= 11 is 0. The van der Waals surface area contributed by atoms with Crippen molar-refractivity contribution in [1.82, 2.24) is 4.98 Å². The van der Waals surface area contributed by atoms with Gasteiger partial charge in [0.15, 0.2) is 0 Å². The number of pyridine rings is 1. The van der Waals surface area contributed by atoms with E-state index in [-0.39, 0.29) is 0 Å². The molecule has 1 aromatic rings. The molecule has 4 nitrogen and oxygen atoms in total.